The molecule has 1 heterocycles. The minimum Gasteiger partial charge on any atom is -0.481 e. The van der Waals surface area contributed by atoms with E-state index in [2.05, 4.69) is 5.32 Å². The molecule has 0 aromatic carbocycles. The van der Waals surface area contributed by atoms with E-state index < -0.39 is 5.97 Å². The largest absolute Gasteiger partial charge is 0.481 e. The lowest BCUT2D eigenvalue weighted by atomic mass is 9.70. The summed E-state index contributed by atoms with van der Waals surface area (Å²) in [6.45, 7) is 0. The van der Waals surface area contributed by atoms with E-state index in [0.29, 0.717) is 0 Å². The smallest absolute Gasteiger partial charge is 0.317 e. The number of nitrogens with one attached hydrogen (secondary N) is 1. The van der Waals surface area contributed by atoms with Crippen LogP contribution in [0.4, 0.5) is 4.79 Å². The highest BCUT2D eigenvalue weighted by Crippen LogP contribution is 2.43. The van der Waals surface area contributed by atoms with Crippen LogP contribution in [0.15, 0.2) is 0 Å². The summed E-state index contributed by atoms with van der Waals surface area (Å²) in [7, 11) is 1.75. The van der Waals surface area contributed by atoms with Crippen molar-refractivity contribution in [2.45, 2.75) is 37.3 Å². The standard InChI is InChI=1S/C9H14N2O3/c1-11-8(14)10-6(5-7(12)13)9(11)3-2-4-9/h6H,2-5H2,1H3,(H,10,14)(H,12,13)/t6-/m0/s1. The molecule has 0 aromatic heterocycles. The van der Waals surface area contributed by atoms with Crippen LogP contribution in [0, 0.1) is 0 Å². The Bertz CT molecular complexity index is 284. The molecule has 1 saturated carbocycles. The first kappa shape index (κ1) is 9.30. The Balaban J connectivity index is 2.17. The summed E-state index contributed by atoms with van der Waals surface area (Å²) in [5.41, 5.74) is -0.213. The van der Waals surface area contributed by atoms with Crippen LogP contribution in [0.5, 0.6) is 0 Å². The van der Waals surface area contributed by atoms with Gasteiger partial charge in [-0.05, 0) is 19.3 Å². The Hall–Kier alpha value is -1.26. The maximum atomic E-state index is 11.4. The van der Waals surface area contributed by atoms with Gasteiger partial charge in [0, 0.05) is 7.05 Å². The minimum atomic E-state index is -0.850. The quantitative estimate of drug-likeness (QED) is 0.675. The van der Waals surface area contributed by atoms with Gasteiger partial charge < -0.3 is 15.3 Å². The number of carbonyl (C=O) groups is 2. The summed E-state index contributed by atoms with van der Waals surface area (Å²) in [5, 5.41) is 11.5. The average Bonchev–Trinajstić information content (AvgIpc) is 2.22. The molecule has 5 heteroatoms. The maximum absolute atomic E-state index is 11.4. The molecule has 2 aliphatic rings. The number of amides is 2. The number of aliphatic carboxylic acids is 1. The summed E-state index contributed by atoms with van der Waals surface area (Å²) in [6.07, 6.45) is 2.94. The van der Waals surface area contributed by atoms with E-state index in [1.165, 1.54) is 0 Å². The van der Waals surface area contributed by atoms with Gasteiger partial charge in [-0.1, -0.05) is 0 Å². The summed E-state index contributed by atoms with van der Waals surface area (Å²) < 4.78 is 0. The fourth-order valence-electron chi connectivity index (χ4n) is 2.45. The van der Waals surface area contributed by atoms with Gasteiger partial charge in [0.15, 0.2) is 0 Å². The molecule has 14 heavy (non-hydrogen) atoms. The number of carbonyl (C=O) groups excluding carboxylic acids is 1. The molecule has 1 spiro atoms. The van der Waals surface area contributed by atoms with E-state index in [4.69, 9.17) is 5.11 Å². The topological polar surface area (TPSA) is 69.6 Å². The number of rotatable bonds is 2. The fourth-order valence-corrected chi connectivity index (χ4v) is 2.45. The zero-order chi connectivity index (χ0) is 10.3. The summed E-state index contributed by atoms with van der Waals surface area (Å²) in [5.74, 6) is -0.850. The molecule has 1 aliphatic carbocycles. The normalized spacial score (nSPS) is 28.8. The number of likely N-dealkylation sites (N-methyl/N-ethyl adjacent to an activating group) is 1. The van der Waals surface area contributed by atoms with Crippen molar-refractivity contribution in [2.75, 3.05) is 7.05 Å². The zero-order valence-electron chi connectivity index (χ0n) is 8.12. The molecule has 0 unspecified atom stereocenters. The van der Waals surface area contributed by atoms with Gasteiger partial charge in [0.05, 0.1) is 18.0 Å². The van der Waals surface area contributed by atoms with Crippen molar-refractivity contribution in [1.29, 1.82) is 0 Å². The second-order valence-electron chi connectivity index (χ2n) is 4.12. The van der Waals surface area contributed by atoms with Crippen LogP contribution in [-0.4, -0.2) is 40.6 Å². The highest BCUT2D eigenvalue weighted by Gasteiger charge is 2.54. The lowest BCUT2D eigenvalue weighted by molar-refractivity contribution is -0.138. The van der Waals surface area contributed by atoms with Gasteiger partial charge in [-0.25, -0.2) is 4.79 Å². The number of carboxylic acids is 1. The first-order chi connectivity index (χ1) is 6.56. The van der Waals surface area contributed by atoms with E-state index in [-0.39, 0.29) is 24.0 Å². The zero-order valence-corrected chi connectivity index (χ0v) is 8.12. The van der Waals surface area contributed by atoms with E-state index in [9.17, 15) is 9.59 Å². The molecule has 1 atom stereocenters. The Kier molecular flexibility index (Phi) is 1.90. The first-order valence-electron chi connectivity index (χ1n) is 4.82. The van der Waals surface area contributed by atoms with Gasteiger partial charge >= 0.3 is 12.0 Å². The van der Waals surface area contributed by atoms with Crippen LogP contribution < -0.4 is 5.32 Å². The molecule has 1 saturated heterocycles. The number of hydrogen-bond acceptors (Lipinski definition) is 2. The van der Waals surface area contributed by atoms with Crippen molar-refractivity contribution >= 4 is 12.0 Å². The van der Waals surface area contributed by atoms with Crippen LogP contribution in [0.25, 0.3) is 0 Å². The lowest BCUT2D eigenvalue weighted by Gasteiger charge is -2.46. The van der Waals surface area contributed by atoms with Crippen LogP contribution in [0.2, 0.25) is 0 Å². The van der Waals surface area contributed by atoms with Crippen molar-refractivity contribution < 1.29 is 14.7 Å². The van der Waals surface area contributed by atoms with Gasteiger partial charge in [0.2, 0.25) is 0 Å². The number of urea groups is 1. The molecular weight excluding hydrogens is 184 g/mol. The second kappa shape index (κ2) is 2.87. The first-order valence-corrected chi connectivity index (χ1v) is 4.82. The third-order valence-electron chi connectivity index (χ3n) is 3.52. The SMILES string of the molecule is CN1C(=O)N[C@@H](CC(=O)O)C12CCC2. The fraction of sp³-hybridized carbons (Fsp3) is 0.778. The Morgan fingerprint density at radius 3 is 2.79 bits per heavy atom. The van der Waals surface area contributed by atoms with Crippen LogP contribution in [0.1, 0.15) is 25.7 Å². The summed E-state index contributed by atoms with van der Waals surface area (Å²) in [4.78, 5) is 23.7. The lowest BCUT2D eigenvalue weighted by Crippen LogP contribution is -2.55. The van der Waals surface area contributed by atoms with Crippen molar-refractivity contribution in [3.05, 3.63) is 0 Å². The molecule has 78 valence electrons. The molecule has 5 nitrogen and oxygen atoms in total. The predicted molar refractivity (Wildman–Crippen MR) is 48.9 cm³/mol. The van der Waals surface area contributed by atoms with Gasteiger partial charge in [0.25, 0.3) is 0 Å². The highest BCUT2D eigenvalue weighted by molar-refractivity contribution is 5.80. The number of hydrogen-bond donors (Lipinski definition) is 2. The number of carboxylic acid groups (broad SMARTS) is 1. The van der Waals surface area contributed by atoms with Crippen LogP contribution in [-0.2, 0) is 4.79 Å². The molecular formula is C9H14N2O3. The predicted octanol–water partition coefficient (Wildman–Crippen LogP) is 0.407. The van der Waals surface area contributed by atoms with Crippen molar-refractivity contribution in [2.24, 2.45) is 0 Å². The third kappa shape index (κ3) is 1.08. The van der Waals surface area contributed by atoms with Gasteiger partial charge in [-0.15, -0.1) is 0 Å². The second-order valence-corrected chi connectivity index (χ2v) is 4.12. The van der Waals surface area contributed by atoms with E-state index in [1.807, 2.05) is 0 Å². The Labute approximate surface area is 82.1 Å². The van der Waals surface area contributed by atoms with Crippen molar-refractivity contribution in [3.63, 3.8) is 0 Å². The molecule has 0 bridgehead atoms. The van der Waals surface area contributed by atoms with Crippen LogP contribution in [0.3, 0.4) is 0 Å². The highest BCUT2D eigenvalue weighted by atomic mass is 16.4. The Morgan fingerprint density at radius 1 is 1.71 bits per heavy atom. The van der Waals surface area contributed by atoms with E-state index >= 15 is 0 Å². The van der Waals surface area contributed by atoms with Crippen molar-refractivity contribution in [3.8, 4) is 0 Å². The van der Waals surface area contributed by atoms with E-state index in [1.54, 1.807) is 11.9 Å². The molecule has 0 aromatic rings. The molecule has 2 fully saturated rings. The summed E-state index contributed by atoms with van der Waals surface area (Å²) in [6, 6.07) is -0.359. The van der Waals surface area contributed by atoms with Gasteiger partial charge in [-0.2, -0.15) is 0 Å². The third-order valence-corrected chi connectivity index (χ3v) is 3.52. The van der Waals surface area contributed by atoms with Crippen molar-refractivity contribution in [1.82, 2.24) is 10.2 Å². The average molecular weight is 198 g/mol. The van der Waals surface area contributed by atoms with Gasteiger partial charge in [0.1, 0.15) is 0 Å². The van der Waals surface area contributed by atoms with Crippen LogP contribution >= 0.6 is 0 Å². The Morgan fingerprint density at radius 2 is 2.36 bits per heavy atom. The van der Waals surface area contributed by atoms with E-state index in [0.717, 1.165) is 19.3 Å². The molecule has 2 rings (SSSR count). The maximum Gasteiger partial charge on any atom is 0.317 e. The number of nitrogens with zero attached hydrogens (tertiary/aromatic N) is 1. The minimum absolute atomic E-state index is 0.0239. The molecule has 2 amide bonds. The molecule has 1 aliphatic heterocycles. The molecule has 2 N–H and O–H groups in total. The monoisotopic (exact) mass is 198 g/mol. The summed E-state index contributed by atoms with van der Waals surface area (Å²) >= 11 is 0. The molecule has 0 radical (unpaired) electrons. The van der Waals surface area contributed by atoms with Gasteiger partial charge in [-0.3, -0.25) is 4.79 Å².